The van der Waals surface area contributed by atoms with Crippen molar-refractivity contribution in [2.24, 2.45) is 0 Å². The van der Waals surface area contributed by atoms with E-state index in [9.17, 15) is 4.79 Å². The van der Waals surface area contributed by atoms with Gasteiger partial charge in [0, 0.05) is 30.9 Å². The molecule has 0 bridgehead atoms. The monoisotopic (exact) mass is 268 g/mol. The summed E-state index contributed by atoms with van der Waals surface area (Å²) in [6, 6.07) is 13.3. The van der Waals surface area contributed by atoms with Crippen molar-refractivity contribution in [3.05, 3.63) is 59.8 Å². The van der Waals surface area contributed by atoms with E-state index >= 15 is 0 Å². The Bertz CT molecular complexity index is 594. The lowest BCUT2D eigenvalue weighted by atomic mass is 10.1. The van der Waals surface area contributed by atoms with Crippen LogP contribution in [0.1, 0.15) is 22.3 Å². The van der Waals surface area contributed by atoms with Crippen LogP contribution in [0.5, 0.6) is 5.88 Å². The molecule has 20 heavy (non-hydrogen) atoms. The highest BCUT2D eigenvalue weighted by atomic mass is 16.5. The Morgan fingerprint density at radius 1 is 1.20 bits per heavy atom. The molecule has 1 aliphatic heterocycles. The van der Waals surface area contributed by atoms with E-state index in [-0.39, 0.29) is 5.91 Å². The maximum Gasteiger partial charge on any atom is 0.254 e. The molecular weight excluding hydrogens is 252 g/mol. The van der Waals surface area contributed by atoms with E-state index in [2.05, 4.69) is 4.98 Å². The van der Waals surface area contributed by atoms with E-state index in [0.29, 0.717) is 18.1 Å². The van der Waals surface area contributed by atoms with Crippen molar-refractivity contribution >= 4 is 5.91 Å². The first-order valence-electron chi connectivity index (χ1n) is 6.75. The fourth-order valence-corrected chi connectivity index (χ4v) is 2.05. The molecule has 0 unspecified atom stereocenters. The number of amides is 1. The Kier molecular flexibility index (Phi) is 3.63. The molecule has 1 aromatic heterocycles. The molecule has 0 spiro atoms. The number of carbonyl (C=O) groups is 1. The Hall–Kier alpha value is -2.36. The molecule has 0 radical (unpaired) electrons. The Morgan fingerprint density at radius 2 is 2.00 bits per heavy atom. The summed E-state index contributed by atoms with van der Waals surface area (Å²) < 4.78 is 5.63. The second kappa shape index (κ2) is 5.74. The summed E-state index contributed by atoms with van der Waals surface area (Å²) in [5.74, 6) is 0.545. The topological polar surface area (TPSA) is 42.4 Å². The minimum absolute atomic E-state index is 0.0585. The summed E-state index contributed by atoms with van der Waals surface area (Å²) in [4.78, 5) is 18.1. The quantitative estimate of drug-likeness (QED) is 0.855. The molecule has 102 valence electrons. The zero-order chi connectivity index (χ0) is 13.8. The molecule has 1 aromatic carbocycles. The van der Waals surface area contributed by atoms with Crippen LogP contribution in [0, 0.1) is 0 Å². The molecular formula is C16H16N2O2. The van der Waals surface area contributed by atoms with Crippen molar-refractivity contribution in [3.8, 4) is 5.88 Å². The van der Waals surface area contributed by atoms with Gasteiger partial charge in [0.05, 0.1) is 0 Å². The fraction of sp³-hybridized carbons (Fsp3) is 0.250. The smallest absolute Gasteiger partial charge is 0.254 e. The number of pyridine rings is 1. The van der Waals surface area contributed by atoms with Gasteiger partial charge in [0.25, 0.3) is 5.91 Å². The zero-order valence-electron chi connectivity index (χ0n) is 11.2. The van der Waals surface area contributed by atoms with Crippen LogP contribution in [0.3, 0.4) is 0 Å². The molecule has 2 aromatic rings. The van der Waals surface area contributed by atoms with Crippen LogP contribution in [0.25, 0.3) is 0 Å². The van der Waals surface area contributed by atoms with Crippen LogP contribution in [0.15, 0.2) is 48.7 Å². The minimum Gasteiger partial charge on any atom is -0.473 e. The Balaban J connectivity index is 1.66. The molecule has 1 aliphatic rings. The highest BCUT2D eigenvalue weighted by molar-refractivity contribution is 5.94. The molecule has 1 saturated heterocycles. The number of hydrogen-bond acceptors (Lipinski definition) is 3. The highest BCUT2D eigenvalue weighted by Crippen LogP contribution is 2.16. The van der Waals surface area contributed by atoms with Crippen LogP contribution < -0.4 is 4.74 Å². The van der Waals surface area contributed by atoms with Crippen molar-refractivity contribution in [2.45, 2.75) is 13.0 Å². The summed E-state index contributed by atoms with van der Waals surface area (Å²) >= 11 is 0. The van der Waals surface area contributed by atoms with Crippen LogP contribution in [-0.4, -0.2) is 28.9 Å². The van der Waals surface area contributed by atoms with Gasteiger partial charge in [0.15, 0.2) is 0 Å². The number of hydrogen-bond donors (Lipinski definition) is 0. The number of ether oxygens (including phenoxy) is 1. The molecule has 1 amide bonds. The molecule has 0 aliphatic carbocycles. The van der Waals surface area contributed by atoms with Crippen molar-refractivity contribution in [1.29, 1.82) is 0 Å². The van der Waals surface area contributed by atoms with Gasteiger partial charge >= 0.3 is 0 Å². The van der Waals surface area contributed by atoms with E-state index < -0.39 is 0 Å². The Labute approximate surface area is 118 Å². The van der Waals surface area contributed by atoms with Gasteiger partial charge in [-0.15, -0.1) is 0 Å². The first-order valence-corrected chi connectivity index (χ1v) is 6.75. The summed E-state index contributed by atoms with van der Waals surface area (Å²) in [6.45, 7) is 2.15. The van der Waals surface area contributed by atoms with Crippen molar-refractivity contribution in [3.63, 3.8) is 0 Å². The van der Waals surface area contributed by atoms with Gasteiger partial charge in [0.2, 0.25) is 5.88 Å². The Morgan fingerprint density at radius 3 is 2.70 bits per heavy atom. The third-order valence-electron chi connectivity index (χ3n) is 3.35. The summed E-state index contributed by atoms with van der Waals surface area (Å²) in [7, 11) is 0. The first-order chi connectivity index (χ1) is 9.83. The van der Waals surface area contributed by atoms with Crippen LogP contribution in [0.4, 0.5) is 0 Å². The van der Waals surface area contributed by atoms with E-state index in [1.54, 1.807) is 18.3 Å². The van der Waals surface area contributed by atoms with Gasteiger partial charge in [-0.3, -0.25) is 4.79 Å². The molecule has 0 saturated carbocycles. The highest BCUT2D eigenvalue weighted by Gasteiger charge is 2.21. The van der Waals surface area contributed by atoms with Gasteiger partial charge in [-0.2, -0.15) is 0 Å². The van der Waals surface area contributed by atoms with E-state index in [1.165, 1.54) is 0 Å². The summed E-state index contributed by atoms with van der Waals surface area (Å²) in [5.41, 5.74) is 1.72. The van der Waals surface area contributed by atoms with Gasteiger partial charge in [-0.1, -0.05) is 30.3 Å². The molecule has 0 atom stereocenters. The lowest BCUT2D eigenvalue weighted by Crippen LogP contribution is -2.42. The lowest BCUT2D eigenvalue weighted by Gasteiger charge is -2.30. The number of likely N-dealkylation sites (tertiary alicyclic amines) is 1. The van der Waals surface area contributed by atoms with Crippen LogP contribution >= 0.6 is 0 Å². The van der Waals surface area contributed by atoms with Gasteiger partial charge in [-0.05, 0) is 18.1 Å². The third kappa shape index (κ3) is 2.79. The minimum atomic E-state index is 0.0585. The van der Waals surface area contributed by atoms with E-state index in [4.69, 9.17) is 4.74 Å². The van der Waals surface area contributed by atoms with Gasteiger partial charge in [-0.25, -0.2) is 4.98 Å². The average molecular weight is 268 g/mol. The normalized spacial score (nSPS) is 13.7. The second-order valence-corrected chi connectivity index (χ2v) is 4.80. The predicted octanol–water partition coefficient (Wildman–Crippen LogP) is 2.51. The molecule has 2 heterocycles. The predicted molar refractivity (Wildman–Crippen MR) is 75.5 cm³/mol. The molecule has 4 heteroatoms. The second-order valence-electron chi connectivity index (χ2n) is 4.80. The van der Waals surface area contributed by atoms with Crippen molar-refractivity contribution in [2.75, 3.05) is 13.1 Å². The van der Waals surface area contributed by atoms with Gasteiger partial charge < -0.3 is 9.64 Å². The number of carbonyl (C=O) groups excluding carboxylic acids is 1. The van der Waals surface area contributed by atoms with Gasteiger partial charge in [0.1, 0.15) is 6.61 Å². The van der Waals surface area contributed by atoms with Crippen molar-refractivity contribution < 1.29 is 9.53 Å². The maximum absolute atomic E-state index is 12.1. The number of benzene rings is 1. The molecule has 3 rings (SSSR count). The van der Waals surface area contributed by atoms with E-state index in [1.807, 2.05) is 35.2 Å². The standard InChI is InChI=1S/C16H16N2O2/c19-16(18-9-4-10-18)14-7-8-17-15(11-14)20-12-13-5-2-1-3-6-13/h1-3,5-8,11H,4,9-10,12H2. The average Bonchev–Trinajstić information content (AvgIpc) is 2.45. The first kappa shape index (κ1) is 12.7. The lowest BCUT2D eigenvalue weighted by molar-refractivity contribution is 0.0651. The number of aromatic nitrogens is 1. The summed E-state index contributed by atoms with van der Waals surface area (Å²) in [6.07, 6.45) is 2.71. The maximum atomic E-state index is 12.1. The number of rotatable bonds is 4. The van der Waals surface area contributed by atoms with Crippen molar-refractivity contribution in [1.82, 2.24) is 9.88 Å². The number of nitrogens with zero attached hydrogens (tertiary/aromatic N) is 2. The SMILES string of the molecule is O=C(c1ccnc(OCc2ccccc2)c1)N1CCC1. The molecule has 1 fully saturated rings. The third-order valence-corrected chi connectivity index (χ3v) is 3.35. The van der Waals surface area contributed by atoms with Crippen LogP contribution in [-0.2, 0) is 6.61 Å². The van der Waals surface area contributed by atoms with E-state index in [0.717, 1.165) is 25.1 Å². The summed E-state index contributed by atoms with van der Waals surface area (Å²) in [5, 5.41) is 0. The zero-order valence-corrected chi connectivity index (χ0v) is 11.2. The molecule has 4 nitrogen and oxygen atoms in total. The largest absolute Gasteiger partial charge is 0.473 e. The van der Waals surface area contributed by atoms with Crippen LogP contribution in [0.2, 0.25) is 0 Å². The fourth-order valence-electron chi connectivity index (χ4n) is 2.05. The molecule has 0 N–H and O–H groups in total.